The summed E-state index contributed by atoms with van der Waals surface area (Å²) in [5.74, 6) is -0.273. The lowest BCUT2D eigenvalue weighted by Crippen LogP contribution is -2.47. The van der Waals surface area contributed by atoms with Crippen molar-refractivity contribution < 1.29 is 14.3 Å². The maximum Gasteiger partial charge on any atom is 0.309 e. The third-order valence-corrected chi connectivity index (χ3v) is 7.05. The van der Waals surface area contributed by atoms with Gasteiger partial charge in [0, 0.05) is 4.88 Å². The van der Waals surface area contributed by atoms with E-state index >= 15 is 0 Å². The standard InChI is InChI=1S/C21H29N3O3S/c1-3-27-21(26)15-9-11-24(12-10-15)14(2)19(25)23-20-17(13-22)16-7-5-4-6-8-18(16)28-20/h14-15H,3-12H2,1-2H3,(H,23,25). The highest BCUT2D eigenvalue weighted by atomic mass is 32.1. The zero-order valence-electron chi connectivity index (χ0n) is 16.8. The molecule has 7 heteroatoms. The predicted molar refractivity (Wildman–Crippen MR) is 109 cm³/mol. The Labute approximate surface area is 170 Å². The van der Waals surface area contributed by atoms with E-state index in [0.717, 1.165) is 31.2 Å². The van der Waals surface area contributed by atoms with E-state index in [9.17, 15) is 14.9 Å². The SMILES string of the molecule is CCOC(=O)C1CCN(C(C)C(=O)Nc2sc3c(c2C#N)CCCCC3)CC1. The van der Waals surface area contributed by atoms with Gasteiger partial charge in [0.1, 0.15) is 11.1 Å². The van der Waals surface area contributed by atoms with Crippen molar-refractivity contribution >= 4 is 28.2 Å². The molecule has 1 aromatic rings. The number of carbonyl (C=O) groups excluding carboxylic acids is 2. The van der Waals surface area contributed by atoms with Gasteiger partial charge in [-0.3, -0.25) is 14.5 Å². The van der Waals surface area contributed by atoms with Crippen LogP contribution in [0.2, 0.25) is 0 Å². The van der Waals surface area contributed by atoms with Crippen LogP contribution in [0.1, 0.15) is 62.0 Å². The van der Waals surface area contributed by atoms with Crippen LogP contribution >= 0.6 is 11.3 Å². The Morgan fingerprint density at radius 3 is 2.68 bits per heavy atom. The van der Waals surface area contributed by atoms with Gasteiger partial charge in [-0.15, -0.1) is 11.3 Å². The highest BCUT2D eigenvalue weighted by Gasteiger charge is 2.31. The first-order valence-electron chi connectivity index (χ1n) is 10.3. The van der Waals surface area contributed by atoms with Crippen molar-refractivity contribution in [2.24, 2.45) is 5.92 Å². The highest BCUT2D eigenvalue weighted by Crippen LogP contribution is 2.37. The molecule has 3 rings (SSSR count). The van der Waals surface area contributed by atoms with Crippen molar-refractivity contribution in [2.75, 3.05) is 25.0 Å². The normalized spacial score (nSPS) is 19.2. The molecule has 0 spiro atoms. The molecule has 1 atom stereocenters. The van der Waals surface area contributed by atoms with E-state index in [1.54, 1.807) is 11.3 Å². The van der Waals surface area contributed by atoms with Crippen molar-refractivity contribution in [3.63, 3.8) is 0 Å². The monoisotopic (exact) mass is 403 g/mol. The molecule has 1 unspecified atom stereocenters. The highest BCUT2D eigenvalue weighted by molar-refractivity contribution is 7.16. The van der Waals surface area contributed by atoms with Gasteiger partial charge >= 0.3 is 5.97 Å². The molecule has 152 valence electrons. The summed E-state index contributed by atoms with van der Waals surface area (Å²) in [6.07, 6.45) is 6.82. The van der Waals surface area contributed by atoms with Crippen LogP contribution in [0, 0.1) is 17.2 Å². The fourth-order valence-corrected chi connectivity index (χ4v) is 5.36. The van der Waals surface area contributed by atoms with Gasteiger partial charge in [-0.05, 0) is 71.0 Å². The Hall–Kier alpha value is -1.91. The van der Waals surface area contributed by atoms with Gasteiger partial charge in [-0.25, -0.2) is 0 Å². The van der Waals surface area contributed by atoms with Crippen LogP contribution in [0.3, 0.4) is 0 Å². The molecule has 1 N–H and O–H groups in total. The molecule has 1 aromatic heterocycles. The van der Waals surface area contributed by atoms with Crippen molar-refractivity contribution in [3.05, 3.63) is 16.0 Å². The van der Waals surface area contributed by atoms with Gasteiger partial charge in [0.05, 0.1) is 24.1 Å². The molecule has 0 aromatic carbocycles. The smallest absolute Gasteiger partial charge is 0.309 e. The van der Waals surface area contributed by atoms with E-state index < -0.39 is 0 Å². The topological polar surface area (TPSA) is 82.4 Å². The van der Waals surface area contributed by atoms with E-state index in [1.165, 1.54) is 11.3 Å². The Bertz CT molecular complexity index is 760. The lowest BCUT2D eigenvalue weighted by atomic mass is 9.96. The second-order valence-corrected chi connectivity index (χ2v) is 8.71. The summed E-state index contributed by atoms with van der Waals surface area (Å²) in [4.78, 5) is 28.1. The second-order valence-electron chi connectivity index (χ2n) is 7.61. The molecular weight excluding hydrogens is 374 g/mol. The molecule has 1 amide bonds. The lowest BCUT2D eigenvalue weighted by molar-refractivity contribution is -0.149. The van der Waals surface area contributed by atoms with Crippen LogP contribution in [0.25, 0.3) is 0 Å². The van der Waals surface area contributed by atoms with Crippen LogP contribution in [-0.2, 0) is 27.2 Å². The van der Waals surface area contributed by atoms with Crippen LogP contribution in [-0.4, -0.2) is 42.5 Å². The fourth-order valence-electron chi connectivity index (χ4n) is 4.11. The third kappa shape index (κ3) is 4.56. The van der Waals surface area contributed by atoms with E-state index in [-0.39, 0.29) is 23.8 Å². The Morgan fingerprint density at radius 2 is 2.00 bits per heavy atom. The molecule has 2 aliphatic rings. The number of nitrogens with one attached hydrogen (secondary N) is 1. The first-order valence-corrected chi connectivity index (χ1v) is 11.1. The number of nitrogens with zero attached hydrogens (tertiary/aromatic N) is 2. The van der Waals surface area contributed by atoms with Gasteiger partial charge in [-0.1, -0.05) is 6.42 Å². The van der Waals surface area contributed by atoms with Gasteiger partial charge in [-0.2, -0.15) is 5.26 Å². The van der Waals surface area contributed by atoms with Gasteiger partial charge in [0.15, 0.2) is 0 Å². The number of nitriles is 1. The minimum atomic E-state index is -0.295. The number of carbonyl (C=O) groups is 2. The van der Waals surface area contributed by atoms with Gasteiger partial charge < -0.3 is 10.1 Å². The molecule has 1 aliphatic heterocycles. The van der Waals surface area contributed by atoms with Crippen molar-refractivity contribution in [1.29, 1.82) is 5.26 Å². The van der Waals surface area contributed by atoms with Crippen LogP contribution < -0.4 is 5.32 Å². The van der Waals surface area contributed by atoms with Crippen molar-refractivity contribution in [1.82, 2.24) is 4.90 Å². The molecule has 0 saturated carbocycles. The number of esters is 1. The summed E-state index contributed by atoms with van der Waals surface area (Å²) in [6.45, 7) is 5.52. The average Bonchev–Trinajstić information content (AvgIpc) is 2.86. The maximum atomic E-state index is 12.8. The maximum absolute atomic E-state index is 12.8. The lowest BCUT2D eigenvalue weighted by Gasteiger charge is -2.34. The second kappa shape index (κ2) is 9.53. The zero-order valence-corrected chi connectivity index (χ0v) is 17.6. The Morgan fingerprint density at radius 1 is 1.29 bits per heavy atom. The number of anilines is 1. The number of hydrogen-bond donors (Lipinski definition) is 1. The minimum absolute atomic E-state index is 0.0652. The van der Waals surface area contributed by atoms with Crippen LogP contribution in [0.4, 0.5) is 5.00 Å². The number of rotatable bonds is 5. The minimum Gasteiger partial charge on any atom is -0.466 e. The third-order valence-electron chi connectivity index (χ3n) is 5.85. The molecule has 1 saturated heterocycles. The number of likely N-dealkylation sites (tertiary alicyclic amines) is 1. The predicted octanol–water partition coefficient (Wildman–Crippen LogP) is 3.49. The number of aryl methyl sites for hydroxylation is 1. The average molecular weight is 404 g/mol. The molecule has 0 bridgehead atoms. The Balaban J connectivity index is 1.61. The number of ether oxygens (including phenoxy) is 1. The van der Waals surface area contributed by atoms with Crippen LogP contribution in [0.5, 0.6) is 0 Å². The largest absolute Gasteiger partial charge is 0.466 e. The summed E-state index contributed by atoms with van der Waals surface area (Å²) in [7, 11) is 0. The van der Waals surface area contributed by atoms with E-state index in [2.05, 4.69) is 16.3 Å². The molecule has 28 heavy (non-hydrogen) atoms. The van der Waals surface area contributed by atoms with Crippen molar-refractivity contribution in [3.8, 4) is 6.07 Å². The summed E-state index contributed by atoms with van der Waals surface area (Å²) in [5, 5.41) is 13.3. The molecule has 6 nitrogen and oxygen atoms in total. The summed E-state index contributed by atoms with van der Waals surface area (Å²) < 4.78 is 5.11. The molecule has 0 radical (unpaired) electrons. The molecular formula is C21H29N3O3S. The van der Waals surface area contributed by atoms with E-state index in [4.69, 9.17) is 4.74 Å². The zero-order chi connectivity index (χ0) is 20.1. The number of piperidine rings is 1. The van der Waals surface area contributed by atoms with Gasteiger partial charge in [0.25, 0.3) is 0 Å². The van der Waals surface area contributed by atoms with E-state index in [1.807, 2.05) is 13.8 Å². The fraction of sp³-hybridized carbons (Fsp3) is 0.667. The summed E-state index contributed by atoms with van der Waals surface area (Å²) in [5.41, 5.74) is 1.80. The van der Waals surface area contributed by atoms with E-state index in [0.29, 0.717) is 43.1 Å². The number of fused-ring (bicyclic) bond motifs is 1. The first kappa shape index (κ1) is 20.8. The molecule has 1 fully saturated rings. The number of hydrogen-bond acceptors (Lipinski definition) is 6. The van der Waals surface area contributed by atoms with Crippen LogP contribution in [0.15, 0.2) is 0 Å². The Kier molecular flexibility index (Phi) is 7.08. The number of amides is 1. The molecule has 1 aliphatic carbocycles. The summed E-state index contributed by atoms with van der Waals surface area (Å²) >= 11 is 1.57. The first-order chi connectivity index (χ1) is 13.5. The summed E-state index contributed by atoms with van der Waals surface area (Å²) in [6, 6.07) is 2.02. The van der Waals surface area contributed by atoms with Crippen molar-refractivity contribution in [2.45, 2.75) is 64.8 Å². The molecule has 2 heterocycles. The van der Waals surface area contributed by atoms with Gasteiger partial charge in [0.2, 0.25) is 5.91 Å². The number of thiophene rings is 1. The quantitative estimate of drug-likeness (QED) is 0.601.